The first-order chi connectivity index (χ1) is 13.4. The third-order valence-electron chi connectivity index (χ3n) is 4.68. The Bertz CT molecular complexity index is 1050. The Morgan fingerprint density at radius 1 is 1.11 bits per heavy atom. The van der Waals surface area contributed by atoms with Gasteiger partial charge >= 0.3 is 5.97 Å². The van der Waals surface area contributed by atoms with E-state index in [0.29, 0.717) is 17.5 Å². The highest BCUT2D eigenvalue weighted by Gasteiger charge is 2.19. The molecule has 2 aromatic carbocycles. The topological polar surface area (TPSA) is 99.3 Å². The van der Waals surface area contributed by atoms with Gasteiger partial charge in [-0.3, -0.25) is 14.4 Å². The third kappa shape index (κ3) is 4.85. The summed E-state index contributed by atoms with van der Waals surface area (Å²) in [6.45, 7) is 1.97. The van der Waals surface area contributed by atoms with E-state index in [1.54, 1.807) is 12.1 Å². The van der Waals surface area contributed by atoms with E-state index in [9.17, 15) is 19.5 Å². The van der Waals surface area contributed by atoms with E-state index in [2.05, 4.69) is 10.3 Å². The zero-order valence-electron chi connectivity index (χ0n) is 15.6. The number of carbonyl (C=O) groups is 2. The van der Waals surface area contributed by atoms with E-state index in [1.165, 1.54) is 0 Å². The van der Waals surface area contributed by atoms with Crippen molar-refractivity contribution in [2.75, 3.05) is 6.54 Å². The molecule has 0 radical (unpaired) electrons. The molecular formula is C22H22N2O4. The molecule has 1 atom stereocenters. The molecular weight excluding hydrogens is 356 g/mol. The number of para-hydroxylation sites is 1. The summed E-state index contributed by atoms with van der Waals surface area (Å²) < 4.78 is 0. The van der Waals surface area contributed by atoms with Crippen molar-refractivity contribution in [2.45, 2.75) is 19.8 Å². The number of H-pyrrole nitrogens is 1. The second kappa shape index (κ2) is 8.52. The predicted octanol–water partition coefficient (Wildman–Crippen LogP) is 2.44. The zero-order chi connectivity index (χ0) is 20.1. The molecule has 6 heteroatoms. The number of hydrogen-bond donors (Lipinski definition) is 3. The quantitative estimate of drug-likeness (QED) is 0.588. The minimum Gasteiger partial charge on any atom is -0.481 e. The smallest absolute Gasteiger partial charge is 0.308 e. The Labute approximate surface area is 162 Å². The van der Waals surface area contributed by atoms with Gasteiger partial charge in [0.2, 0.25) is 5.91 Å². The first kappa shape index (κ1) is 19.4. The molecule has 0 saturated carbocycles. The van der Waals surface area contributed by atoms with Gasteiger partial charge in [0.1, 0.15) is 0 Å². The van der Waals surface area contributed by atoms with Crippen LogP contribution < -0.4 is 10.9 Å². The van der Waals surface area contributed by atoms with Gasteiger partial charge in [0.15, 0.2) is 0 Å². The second-order valence-electron chi connectivity index (χ2n) is 6.92. The van der Waals surface area contributed by atoms with Crippen molar-refractivity contribution in [3.63, 3.8) is 0 Å². The van der Waals surface area contributed by atoms with Crippen LogP contribution in [0.1, 0.15) is 16.7 Å². The number of carboxylic acid groups (broad SMARTS) is 1. The van der Waals surface area contributed by atoms with E-state index in [0.717, 1.165) is 16.5 Å². The van der Waals surface area contributed by atoms with Gasteiger partial charge in [0.05, 0.1) is 12.3 Å². The summed E-state index contributed by atoms with van der Waals surface area (Å²) in [5.74, 6) is -2.08. The Morgan fingerprint density at radius 3 is 2.54 bits per heavy atom. The van der Waals surface area contributed by atoms with Crippen molar-refractivity contribution in [2.24, 2.45) is 5.92 Å². The number of benzene rings is 2. The van der Waals surface area contributed by atoms with Gasteiger partial charge in [0.25, 0.3) is 5.56 Å². The summed E-state index contributed by atoms with van der Waals surface area (Å²) in [7, 11) is 0. The number of pyridine rings is 1. The minimum absolute atomic E-state index is 0.00747. The molecule has 6 nitrogen and oxygen atoms in total. The molecule has 0 spiro atoms. The molecule has 1 unspecified atom stereocenters. The predicted molar refractivity (Wildman–Crippen MR) is 107 cm³/mol. The lowest BCUT2D eigenvalue weighted by atomic mass is 9.98. The Hall–Kier alpha value is -3.41. The molecule has 0 bridgehead atoms. The van der Waals surface area contributed by atoms with Gasteiger partial charge in [-0.25, -0.2) is 0 Å². The Balaban J connectivity index is 1.63. The molecule has 3 rings (SSSR count). The molecule has 0 aliphatic carbocycles. The lowest BCUT2D eigenvalue weighted by Gasteiger charge is -2.14. The maximum atomic E-state index is 12.3. The van der Waals surface area contributed by atoms with E-state index >= 15 is 0 Å². The summed E-state index contributed by atoms with van der Waals surface area (Å²) >= 11 is 0. The van der Waals surface area contributed by atoms with Crippen LogP contribution in [0, 0.1) is 12.8 Å². The molecule has 3 N–H and O–H groups in total. The van der Waals surface area contributed by atoms with Crippen LogP contribution in [0.3, 0.4) is 0 Å². The third-order valence-corrected chi connectivity index (χ3v) is 4.68. The molecule has 1 amide bonds. The lowest BCUT2D eigenvalue weighted by molar-refractivity contribution is -0.141. The van der Waals surface area contributed by atoms with Crippen LogP contribution in [0.15, 0.2) is 59.4 Å². The molecule has 144 valence electrons. The Kier molecular flexibility index (Phi) is 5.89. The van der Waals surface area contributed by atoms with Crippen LogP contribution in [-0.4, -0.2) is 28.5 Å². The average Bonchev–Trinajstić information content (AvgIpc) is 2.67. The van der Waals surface area contributed by atoms with Crippen LogP contribution in [0.2, 0.25) is 0 Å². The fourth-order valence-electron chi connectivity index (χ4n) is 3.05. The van der Waals surface area contributed by atoms with Gasteiger partial charge in [-0.1, -0.05) is 48.0 Å². The normalized spacial score (nSPS) is 11.9. The minimum atomic E-state index is -0.968. The monoisotopic (exact) mass is 378 g/mol. The largest absolute Gasteiger partial charge is 0.481 e. The molecule has 3 aromatic rings. The summed E-state index contributed by atoms with van der Waals surface area (Å²) in [5.41, 5.74) is 2.74. The maximum absolute atomic E-state index is 12.3. The van der Waals surface area contributed by atoms with Crippen molar-refractivity contribution < 1.29 is 14.7 Å². The number of hydrogen-bond acceptors (Lipinski definition) is 3. The van der Waals surface area contributed by atoms with Crippen molar-refractivity contribution in [1.82, 2.24) is 10.3 Å². The first-order valence-electron chi connectivity index (χ1n) is 9.08. The second-order valence-corrected chi connectivity index (χ2v) is 6.92. The molecule has 0 fully saturated rings. The van der Waals surface area contributed by atoms with Crippen molar-refractivity contribution in [3.05, 3.63) is 81.6 Å². The van der Waals surface area contributed by atoms with Gasteiger partial charge in [-0.15, -0.1) is 0 Å². The number of rotatable bonds is 7. The van der Waals surface area contributed by atoms with Crippen LogP contribution in [0.25, 0.3) is 10.9 Å². The number of aliphatic carboxylic acids is 1. The van der Waals surface area contributed by atoms with Crippen molar-refractivity contribution >= 4 is 22.8 Å². The van der Waals surface area contributed by atoms with E-state index in [1.807, 2.05) is 49.4 Å². The standard InChI is InChI=1S/C22H22N2O4/c1-14-6-8-15(9-7-14)10-18(22(27)28)13-23-20(25)12-17-11-16-4-2-3-5-19(16)24-21(17)26/h2-9,11,18H,10,12-13H2,1H3,(H,23,25)(H,24,26)(H,27,28). The van der Waals surface area contributed by atoms with Crippen molar-refractivity contribution in [1.29, 1.82) is 0 Å². The lowest BCUT2D eigenvalue weighted by Crippen LogP contribution is -2.35. The van der Waals surface area contributed by atoms with E-state index in [-0.39, 0.29) is 24.4 Å². The fourth-order valence-corrected chi connectivity index (χ4v) is 3.05. The van der Waals surface area contributed by atoms with Crippen molar-refractivity contribution in [3.8, 4) is 0 Å². The number of aromatic nitrogens is 1. The highest BCUT2D eigenvalue weighted by atomic mass is 16.4. The van der Waals surface area contributed by atoms with Crippen LogP contribution >= 0.6 is 0 Å². The summed E-state index contributed by atoms with van der Waals surface area (Å²) in [5, 5.41) is 12.9. The van der Waals surface area contributed by atoms with Gasteiger partial charge in [0, 0.05) is 17.6 Å². The molecule has 1 heterocycles. The number of aromatic amines is 1. The number of carboxylic acids is 1. The molecule has 0 aliphatic rings. The fraction of sp³-hybridized carbons (Fsp3) is 0.227. The first-order valence-corrected chi connectivity index (χ1v) is 9.08. The van der Waals surface area contributed by atoms with E-state index in [4.69, 9.17) is 0 Å². The SMILES string of the molecule is Cc1ccc(CC(CNC(=O)Cc2cc3ccccc3[nH]c2=O)C(=O)O)cc1. The molecule has 28 heavy (non-hydrogen) atoms. The highest BCUT2D eigenvalue weighted by Crippen LogP contribution is 2.12. The van der Waals surface area contributed by atoms with Gasteiger partial charge < -0.3 is 15.4 Å². The van der Waals surface area contributed by atoms with Crippen LogP contribution in [0.4, 0.5) is 0 Å². The van der Waals surface area contributed by atoms with Crippen LogP contribution in [0.5, 0.6) is 0 Å². The molecule has 0 aliphatic heterocycles. The number of fused-ring (bicyclic) bond motifs is 1. The number of nitrogens with one attached hydrogen (secondary N) is 2. The summed E-state index contributed by atoms with van der Waals surface area (Å²) in [6, 6.07) is 16.7. The Morgan fingerprint density at radius 2 is 1.82 bits per heavy atom. The summed E-state index contributed by atoms with van der Waals surface area (Å²) in [4.78, 5) is 38.7. The zero-order valence-corrected chi connectivity index (χ0v) is 15.6. The summed E-state index contributed by atoms with van der Waals surface area (Å²) in [6.07, 6.45) is 0.226. The van der Waals surface area contributed by atoms with Gasteiger partial charge in [-0.05, 0) is 36.4 Å². The van der Waals surface area contributed by atoms with Gasteiger partial charge in [-0.2, -0.15) is 0 Å². The van der Waals surface area contributed by atoms with E-state index < -0.39 is 11.9 Å². The number of amides is 1. The number of aryl methyl sites for hydroxylation is 1. The number of carbonyl (C=O) groups excluding carboxylic acids is 1. The molecule has 1 aromatic heterocycles. The molecule has 0 saturated heterocycles. The highest BCUT2D eigenvalue weighted by molar-refractivity contribution is 5.83. The average molecular weight is 378 g/mol. The van der Waals surface area contributed by atoms with Crippen LogP contribution in [-0.2, 0) is 22.4 Å². The maximum Gasteiger partial charge on any atom is 0.308 e.